The molecule has 0 bridgehead atoms. The fraction of sp³-hybridized carbons (Fsp3) is 0.500. The van der Waals surface area contributed by atoms with Crippen molar-refractivity contribution in [1.82, 2.24) is 24.9 Å². The molecule has 3 heterocycles. The molecular formula is C22H29N5O2. The second-order valence-electron chi connectivity index (χ2n) is 7.81. The predicted octanol–water partition coefficient (Wildman–Crippen LogP) is 1.53. The number of rotatable bonds is 5. The molecule has 29 heavy (non-hydrogen) atoms. The molecule has 7 heteroatoms. The molecule has 1 N–H and O–H groups in total. The maximum Gasteiger partial charge on any atom is 0.257 e. The van der Waals surface area contributed by atoms with Gasteiger partial charge in [-0.25, -0.2) is 0 Å². The van der Waals surface area contributed by atoms with Gasteiger partial charge in [-0.2, -0.15) is 5.10 Å². The number of hydrogen-bond donors (Lipinski definition) is 1. The minimum absolute atomic E-state index is 0.0356. The minimum atomic E-state index is 0.0356. The molecule has 1 atom stereocenters. The summed E-state index contributed by atoms with van der Waals surface area (Å²) in [4.78, 5) is 29.4. The molecule has 2 amide bonds. The molecule has 154 valence electrons. The summed E-state index contributed by atoms with van der Waals surface area (Å²) in [6.45, 7) is 6.02. The first kappa shape index (κ1) is 19.6. The molecule has 1 aromatic heterocycles. The van der Waals surface area contributed by atoms with E-state index in [1.807, 2.05) is 32.7 Å². The van der Waals surface area contributed by atoms with Gasteiger partial charge >= 0.3 is 0 Å². The number of piperazine rings is 1. The molecule has 0 aliphatic carbocycles. The van der Waals surface area contributed by atoms with Crippen LogP contribution < -0.4 is 5.32 Å². The van der Waals surface area contributed by atoms with Crippen molar-refractivity contribution in [2.24, 2.45) is 0 Å². The first-order chi connectivity index (χ1) is 14.2. The number of amides is 2. The van der Waals surface area contributed by atoms with Gasteiger partial charge < -0.3 is 15.1 Å². The van der Waals surface area contributed by atoms with Gasteiger partial charge in [0.05, 0.1) is 30.5 Å². The Morgan fingerprint density at radius 2 is 2.07 bits per heavy atom. The summed E-state index contributed by atoms with van der Waals surface area (Å²) in [6.07, 6.45) is 4.35. The second-order valence-corrected chi connectivity index (χ2v) is 7.81. The van der Waals surface area contributed by atoms with E-state index in [0.717, 1.165) is 44.6 Å². The molecule has 1 unspecified atom stereocenters. The van der Waals surface area contributed by atoms with E-state index in [-0.39, 0.29) is 17.9 Å². The van der Waals surface area contributed by atoms with Crippen molar-refractivity contribution in [2.75, 3.05) is 32.7 Å². The first-order valence-electron chi connectivity index (χ1n) is 10.6. The molecule has 4 rings (SSSR count). The third-order valence-electron chi connectivity index (χ3n) is 5.94. The van der Waals surface area contributed by atoms with Gasteiger partial charge in [0.1, 0.15) is 0 Å². The number of carbonyl (C=O) groups is 2. The standard InChI is InChI=1S/C22H29N5O2/c1-2-20-19(13-24-27(20)15-17-7-4-3-5-8-17)22(29)25-11-6-9-18(16-25)26-12-10-23-14-21(26)28/h3-5,7-8,13,18,23H,2,6,9-12,14-16H2,1H3. The fourth-order valence-electron chi connectivity index (χ4n) is 4.43. The highest BCUT2D eigenvalue weighted by Crippen LogP contribution is 2.21. The van der Waals surface area contributed by atoms with Crippen LogP contribution in [-0.2, 0) is 17.8 Å². The summed E-state index contributed by atoms with van der Waals surface area (Å²) in [5.41, 5.74) is 2.83. The third-order valence-corrected chi connectivity index (χ3v) is 5.94. The molecule has 1 aromatic carbocycles. The van der Waals surface area contributed by atoms with Crippen LogP contribution in [0.1, 0.15) is 41.4 Å². The second kappa shape index (κ2) is 8.78. The van der Waals surface area contributed by atoms with Crippen molar-refractivity contribution in [2.45, 2.75) is 38.8 Å². The number of nitrogens with zero attached hydrogens (tertiary/aromatic N) is 4. The van der Waals surface area contributed by atoms with Gasteiger partial charge in [-0.05, 0) is 24.8 Å². The number of hydrogen-bond acceptors (Lipinski definition) is 4. The van der Waals surface area contributed by atoms with Crippen LogP contribution in [0.2, 0.25) is 0 Å². The molecule has 2 saturated heterocycles. The number of nitrogens with one attached hydrogen (secondary N) is 1. The summed E-state index contributed by atoms with van der Waals surface area (Å²) in [5.74, 6) is 0.175. The van der Waals surface area contributed by atoms with Crippen LogP contribution in [0.5, 0.6) is 0 Å². The lowest BCUT2D eigenvalue weighted by Gasteiger charge is -2.41. The predicted molar refractivity (Wildman–Crippen MR) is 111 cm³/mol. The average molecular weight is 396 g/mol. The zero-order valence-corrected chi connectivity index (χ0v) is 17.0. The SMILES string of the molecule is CCc1c(C(=O)N2CCCC(N3CCNCC3=O)C2)cnn1Cc1ccccc1. The lowest BCUT2D eigenvalue weighted by Crippen LogP contribution is -2.57. The lowest BCUT2D eigenvalue weighted by molar-refractivity contribution is -0.135. The quantitative estimate of drug-likeness (QED) is 0.834. The van der Waals surface area contributed by atoms with Crippen molar-refractivity contribution >= 4 is 11.8 Å². The molecule has 2 aromatic rings. The normalized spacial score (nSPS) is 20.2. The zero-order chi connectivity index (χ0) is 20.2. The molecule has 2 fully saturated rings. The van der Waals surface area contributed by atoms with Crippen LogP contribution in [0.15, 0.2) is 36.5 Å². The smallest absolute Gasteiger partial charge is 0.257 e. The topological polar surface area (TPSA) is 70.5 Å². The zero-order valence-electron chi connectivity index (χ0n) is 17.0. The van der Waals surface area contributed by atoms with E-state index in [9.17, 15) is 9.59 Å². The van der Waals surface area contributed by atoms with Crippen molar-refractivity contribution in [3.05, 3.63) is 53.3 Å². The largest absolute Gasteiger partial charge is 0.336 e. The third kappa shape index (κ3) is 4.19. The van der Waals surface area contributed by atoms with Gasteiger partial charge in [0.15, 0.2) is 0 Å². The Bertz CT molecular complexity index is 863. The lowest BCUT2D eigenvalue weighted by atomic mass is 10.0. The Morgan fingerprint density at radius 1 is 1.24 bits per heavy atom. The summed E-state index contributed by atoms with van der Waals surface area (Å²) < 4.78 is 1.93. The fourth-order valence-corrected chi connectivity index (χ4v) is 4.43. The monoisotopic (exact) mass is 395 g/mol. The first-order valence-corrected chi connectivity index (χ1v) is 10.6. The van der Waals surface area contributed by atoms with Crippen molar-refractivity contribution in [1.29, 1.82) is 0 Å². The number of aromatic nitrogens is 2. The van der Waals surface area contributed by atoms with Gasteiger partial charge in [-0.1, -0.05) is 37.3 Å². The number of benzene rings is 1. The van der Waals surface area contributed by atoms with E-state index in [2.05, 4.69) is 29.5 Å². The number of carbonyl (C=O) groups excluding carboxylic acids is 2. The highest BCUT2D eigenvalue weighted by molar-refractivity contribution is 5.95. The van der Waals surface area contributed by atoms with E-state index in [1.165, 1.54) is 5.56 Å². The van der Waals surface area contributed by atoms with E-state index in [4.69, 9.17) is 0 Å². The van der Waals surface area contributed by atoms with Gasteiger partial charge in [0, 0.05) is 32.2 Å². The van der Waals surface area contributed by atoms with Crippen molar-refractivity contribution < 1.29 is 9.59 Å². The van der Waals surface area contributed by atoms with Gasteiger partial charge in [-0.15, -0.1) is 0 Å². The van der Waals surface area contributed by atoms with Crippen LogP contribution in [0.25, 0.3) is 0 Å². The Kier molecular flexibility index (Phi) is 5.94. The van der Waals surface area contributed by atoms with Crippen LogP contribution in [0.4, 0.5) is 0 Å². The highest BCUT2D eigenvalue weighted by atomic mass is 16.2. The highest BCUT2D eigenvalue weighted by Gasteiger charge is 2.33. The van der Waals surface area contributed by atoms with Crippen molar-refractivity contribution in [3.63, 3.8) is 0 Å². The maximum atomic E-state index is 13.3. The van der Waals surface area contributed by atoms with Gasteiger partial charge in [0.2, 0.25) is 5.91 Å². The Labute approximate surface area is 171 Å². The minimum Gasteiger partial charge on any atom is -0.336 e. The van der Waals surface area contributed by atoms with E-state index < -0.39 is 0 Å². The van der Waals surface area contributed by atoms with Crippen LogP contribution in [0.3, 0.4) is 0 Å². The number of piperidine rings is 1. The summed E-state index contributed by atoms with van der Waals surface area (Å²) in [7, 11) is 0. The summed E-state index contributed by atoms with van der Waals surface area (Å²) >= 11 is 0. The summed E-state index contributed by atoms with van der Waals surface area (Å²) in [5, 5.41) is 7.63. The Hall–Kier alpha value is -2.67. The molecule has 0 radical (unpaired) electrons. The Morgan fingerprint density at radius 3 is 2.83 bits per heavy atom. The molecule has 0 spiro atoms. The van der Waals surface area contributed by atoms with E-state index >= 15 is 0 Å². The average Bonchev–Trinajstić information content (AvgIpc) is 3.16. The molecule has 7 nitrogen and oxygen atoms in total. The van der Waals surface area contributed by atoms with Crippen molar-refractivity contribution in [3.8, 4) is 0 Å². The van der Waals surface area contributed by atoms with Gasteiger partial charge in [0.25, 0.3) is 5.91 Å². The van der Waals surface area contributed by atoms with E-state index in [1.54, 1.807) is 6.20 Å². The molecule has 2 aliphatic rings. The maximum absolute atomic E-state index is 13.3. The van der Waals surface area contributed by atoms with E-state index in [0.29, 0.717) is 25.2 Å². The molecule has 2 aliphatic heterocycles. The molecular weight excluding hydrogens is 366 g/mol. The number of likely N-dealkylation sites (tertiary alicyclic amines) is 1. The summed E-state index contributed by atoms with van der Waals surface area (Å²) in [6, 6.07) is 10.3. The molecule has 0 saturated carbocycles. The van der Waals surface area contributed by atoms with Gasteiger partial charge in [-0.3, -0.25) is 14.3 Å². The van der Waals surface area contributed by atoms with Crippen LogP contribution >= 0.6 is 0 Å². The van der Waals surface area contributed by atoms with Crippen LogP contribution in [0, 0.1) is 0 Å². The Balaban J connectivity index is 1.49. The van der Waals surface area contributed by atoms with Crippen LogP contribution in [-0.4, -0.2) is 70.2 Å².